The maximum atomic E-state index is 13.3. The second-order valence-corrected chi connectivity index (χ2v) is 6.54. The number of amides is 1. The van der Waals surface area contributed by atoms with Gasteiger partial charge in [-0.25, -0.2) is 4.39 Å². The summed E-state index contributed by atoms with van der Waals surface area (Å²) in [5.74, 6) is -2.42. The van der Waals surface area contributed by atoms with E-state index in [2.05, 4.69) is 0 Å². The summed E-state index contributed by atoms with van der Waals surface area (Å²) in [4.78, 5) is 25.4. The van der Waals surface area contributed by atoms with Crippen LogP contribution < -0.4 is 0 Å². The Labute approximate surface area is 122 Å². The Bertz CT molecular complexity index is 626. The van der Waals surface area contributed by atoms with E-state index in [0.29, 0.717) is 19.5 Å². The van der Waals surface area contributed by atoms with Gasteiger partial charge in [-0.1, -0.05) is 19.9 Å². The molecule has 2 atom stereocenters. The molecule has 1 N–H and O–H groups in total. The zero-order valence-electron chi connectivity index (χ0n) is 12.1. The number of carboxylic acids is 1. The molecule has 1 saturated carbocycles. The third-order valence-electron chi connectivity index (χ3n) is 4.85. The monoisotopic (exact) mass is 291 g/mol. The molecule has 0 radical (unpaired) electrons. The number of hydrogen-bond acceptors (Lipinski definition) is 2. The van der Waals surface area contributed by atoms with Gasteiger partial charge in [0.25, 0.3) is 0 Å². The summed E-state index contributed by atoms with van der Waals surface area (Å²) in [6, 6.07) is 4.65. The van der Waals surface area contributed by atoms with E-state index in [-0.39, 0.29) is 11.7 Å². The second-order valence-electron chi connectivity index (χ2n) is 6.54. The lowest BCUT2D eigenvalue weighted by molar-refractivity contribution is -0.142. The molecule has 0 unspecified atom stereocenters. The summed E-state index contributed by atoms with van der Waals surface area (Å²) in [6.45, 7) is 4.55. The van der Waals surface area contributed by atoms with Gasteiger partial charge in [-0.15, -0.1) is 0 Å². The van der Waals surface area contributed by atoms with Crippen LogP contribution in [0.4, 0.5) is 4.39 Å². The van der Waals surface area contributed by atoms with Crippen LogP contribution in [0.25, 0.3) is 0 Å². The Kier molecular flexibility index (Phi) is 3.04. The number of hydrogen-bond donors (Lipinski definition) is 1. The maximum Gasteiger partial charge on any atom is 0.307 e. The lowest BCUT2D eigenvalue weighted by Gasteiger charge is -2.29. The highest BCUT2D eigenvalue weighted by molar-refractivity contribution is 5.91. The number of nitrogens with zero attached hydrogens (tertiary/aromatic N) is 1. The van der Waals surface area contributed by atoms with Crippen LogP contribution in [0.2, 0.25) is 0 Å². The Morgan fingerprint density at radius 3 is 2.62 bits per heavy atom. The van der Waals surface area contributed by atoms with Crippen LogP contribution in [0.15, 0.2) is 18.2 Å². The molecule has 0 bridgehead atoms. The van der Waals surface area contributed by atoms with Gasteiger partial charge in [0.05, 0.1) is 11.8 Å². The van der Waals surface area contributed by atoms with Crippen molar-refractivity contribution >= 4 is 11.9 Å². The van der Waals surface area contributed by atoms with Crippen molar-refractivity contribution in [1.29, 1.82) is 0 Å². The number of fused-ring (bicyclic) bond motifs is 1. The van der Waals surface area contributed by atoms with Crippen molar-refractivity contribution in [3.8, 4) is 0 Å². The molecule has 1 aromatic rings. The first-order valence-corrected chi connectivity index (χ1v) is 7.11. The summed E-state index contributed by atoms with van der Waals surface area (Å²) in [6.07, 6.45) is 0.687. The lowest BCUT2D eigenvalue weighted by atomic mass is 9.99. The third kappa shape index (κ3) is 2.20. The molecular weight excluding hydrogens is 273 g/mol. The van der Waals surface area contributed by atoms with Crippen molar-refractivity contribution in [2.45, 2.75) is 26.8 Å². The molecule has 21 heavy (non-hydrogen) atoms. The average molecular weight is 291 g/mol. The summed E-state index contributed by atoms with van der Waals surface area (Å²) >= 11 is 0. The molecular formula is C16H18FNO3. The molecule has 1 aliphatic carbocycles. The first-order valence-electron chi connectivity index (χ1n) is 7.11. The molecule has 1 amide bonds. The molecule has 4 nitrogen and oxygen atoms in total. The number of rotatable bonds is 2. The second kappa shape index (κ2) is 4.55. The van der Waals surface area contributed by atoms with E-state index < -0.39 is 23.2 Å². The van der Waals surface area contributed by atoms with Crippen LogP contribution in [-0.2, 0) is 22.6 Å². The predicted molar refractivity (Wildman–Crippen MR) is 73.9 cm³/mol. The van der Waals surface area contributed by atoms with E-state index in [1.807, 2.05) is 13.8 Å². The van der Waals surface area contributed by atoms with Crippen LogP contribution in [0.3, 0.4) is 0 Å². The zero-order chi connectivity index (χ0) is 15.4. The van der Waals surface area contributed by atoms with Crippen molar-refractivity contribution < 1.29 is 19.1 Å². The average Bonchev–Trinajstić information content (AvgIpc) is 3.00. The first-order chi connectivity index (χ1) is 9.82. The minimum Gasteiger partial charge on any atom is -0.481 e. The van der Waals surface area contributed by atoms with Gasteiger partial charge in [0.1, 0.15) is 5.82 Å². The van der Waals surface area contributed by atoms with E-state index in [1.54, 1.807) is 11.0 Å². The number of carbonyl (C=O) groups excluding carboxylic acids is 1. The fourth-order valence-electron chi connectivity index (χ4n) is 3.47. The molecule has 0 spiro atoms. The van der Waals surface area contributed by atoms with Gasteiger partial charge in [-0.05, 0) is 35.1 Å². The zero-order valence-corrected chi connectivity index (χ0v) is 12.1. The number of halogens is 1. The fraction of sp³-hybridized carbons (Fsp3) is 0.500. The quantitative estimate of drug-likeness (QED) is 0.907. The van der Waals surface area contributed by atoms with E-state index in [1.165, 1.54) is 12.1 Å². The molecule has 1 fully saturated rings. The van der Waals surface area contributed by atoms with Crippen molar-refractivity contribution in [3.05, 3.63) is 35.1 Å². The summed E-state index contributed by atoms with van der Waals surface area (Å²) in [7, 11) is 0. The Morgan fingerprint density at radius 1 is 1.29 bits per heavy atom. The highest BCUT2D eigenvalue weighted by Gasteiger charge is 2.66. The van der Waals surface area contributed by atoms with Gasteiger partial charge in [-0.2, -0.15) is 0 Å². The lowest BCUT2D eigenvalue weighted by Crippen LogP contribution is -2.38. The van der Waals surface area contributed by atoms with E-state index >= 15 is 0 Å². The van der Waals surface area contributed by atoms with Gasteiger partial charge in [0, 0.05) is 13.1 Å². The van der Waals surface area contributed by atoms with Crippen LogP contribution in [0.5, 0.6) is 0 Å². The smallest absolute Gasteiger partial charge is 0.307 e. The predicted octanol–water partition coefficient (Wildman–Crippen LogP) is 2.07. The molecule has 0 saturated heterocycles. The summed E-state index contributed by atoms with van der Waals surface area (Å²) in [5, 5.41) is 9.18. The SMILES string of the molecule is CC1(C)[C@H](C(=O)O)[C@@H]1C(=O)N1CCc2ccc(F)cc2C1. The number of carboxylic acid groups (broad SMARTS) is 1. The molecule has 112 valence electrons. The third-order valence-corrected chi connectivity index (χ3v) is 4.85. The standard InChI is InChI=1S/C16H18FNO3/c1-16(2)12(13(16)15(20)21)14(19)18-6-5-9-3-4-11(17)7-10(9)8-18/h3-4,7,12-13H,5-6,8H2,1-2H3,(H,20,21)/t12-,13+/m1/s1. The largest absolute Gasteiger partial charge is 0.481 e. The molecule has 2 aliphatic rings. The van der Waals surface area contributed by atoms with Gasteiger partial charge in [0.2, 0.25) is 5.91 Å². The Hall–Kier alpha value is -1.91. The van der Waals surface area contributed by atoms with Crippen LogP contribution >= 0.6 is 0 Å². The Balaban J connectivity index is 1.78. The van der Waals surface area contributed by atoms with Gasteiger partial charge in [0.15, 0.2) is 0 Å². The van der Waals surface area contributed by atoms with Gasteiger partial charge in [-0.3, -0.25) is 9.59 Å². The Morgan fingerprint density at radius 2 is 2.00 bits per heavy atom. The van der Waals surface area contributed by atoms with E-state index in [9.17, 15) is 19.1 Å². The molecule has 5 heteroatoms. The molecule has 3 rings (SSSR count). The first kappa shape index (κ1) is 14.0. The van der Waals surface area contributed by atoms with Crippen molar-refractivity contribution in [2.75, 3.05) is 6.54 Å². The van der Waals surface area contributed by atoms with Crippen LogP contribution in [0, 0.1) is 23.1 Å². The molecule has 1 aromatic carbocycles. The van der Waals surface area contributed by atoms with E-state index in [4.69, 9.17) is 0 Å². The molecule has 0 aromatic heterocycles. The number of aliphatic carboxylic acids is 1. The highest BCUT2D eigenvalue weighted by Crippen LogP contribution is 2.59. The van der Waals surface area contributed by atoms with Gasteiger partial charge >= 0.3 is 5.97 Å². The minimum atomic E-state index is -0.915. The normalized spacial score (nSPS) is 26.1. The fourth-order valence-corrected chi connectivity index (χ4v) is 3.47. The number of benzene rings is 1. The summed E-state index contributed by atoms with van der Waals surface area (Å²) < 4.78 is 13.3. The minimum absolute atomic E-state index is 0.123. The van der Waals surface area contributed by atoms with Crippen LogP contribution in [-0.4, -0.2) is 28.4 Å². The van der Waals surface area contributed by atoms with Crippen molar-refractivity contribution in [2.24, 2.45) is 17.3 Å². The topological polar surface area (TPSA) is 57.6 Å². The van der Waals surface area contributed by atoms with Crippen molar-refractivity contribution in [1.82, 2.24) is 4.90 Å². The van der Waals surface area contributed by atoms with Crippen molar-refractivity contribution in [3.63, 3.8) is 0 Å². The summed E-state index contributed by atoms with van der Waals surface area (Å²) in [5.41, 5.74) is 1.38. The van der Waals surface area contributed by atoms with Crippen LogP contribution in [0.1, 0.15) is 25.0 Å². The highest BCUT2D eigenvalue weighted by atomic mass is 19.1. The maximum absolute atomic E-state index is 13.3. The number of carbonyl (C=O) groups is 2. The molecule has 1 heterocycles. The molecule has 1 aliphatic heterocycles. The van der Waals surface area contributed by atoms with E-state index in [0.717, 1.165) is 11.1 Å². The van der Waals surface area contributed by atoms with Gasteiger partial charge < -0.3 is 10.0 Å².